The zero-order valence-electron chi connectivity index (χ0n) is 10.1. The molecule has 1 aromatic carbocycles. The van der Waals surface area contributed by atoms with Crippen LogP contribution in [0, 0.1) is 0 Å². The number of allylic oxidation sites excluding steroid dienone is 1. The van der Waals surface area contributed by atoms with E-state index >= 15 is 0 Å². The maximum absolute atomic E-state index is 6.03. The first-order valence-electron chi connectivity index (χ1n) is 6.05. The second-order valence-electron chi connectivity index (χ2n) is 4.66. The molecular weight excluding hydrogens is 258 g/mol. The first kappa shape index (κ1) is 10.8. The highest BCUT2D eigenvalue weighted by Crippen LogP contribution is 2.33. The van der Waals surface area contributed by atoms with Crippen LogP contribution in [0.15, 0.2) is 43.0 Å². The number of rotatable bonds is 0. The van der Waals surface area contributed by atoms with E-state index in [2.05, 4.69) is 16.5 Å². The van der Waals surface area contributed by atoms with Crippen molar-refractivity contribution in [3.05, 3.63) is 59.5 Å². The fourth-order valence-corrected chi connectivity index (χ4v) is 2.72. The van der Waals surface area contributed by atoms with Crippen LogP contribution in [0.25, 0.3) is 22.4 Å². The highest BCUT2D eigenvalue weighted by Gasteiger charge is 2.23. The van der Waals surface area contributed by atoms with Gasteiger partial charge in [-0.25, -0.2) is 9.97 Å². The molecule has 1 aliphatic rings. The summed E-state index contributed by atoms with van der Waals surface area (Å²) in [6, 6.07) is 11.8. The Morgan fingerprint density at radius 3 is 2.84 bits per heavy atom. The lowest BCUT2D eigenvalue weighted by Crippen LogP contribution is -2.13. The van der Waals surface area contributed by atoms with Crippen LogP contribution < -0.4 is 0 Å². The maximum atomic E-state index is 6.03. The van der Waals surface area contributed by atoms with Crippen molar-refractivity contribution in [2.24, 2.45) is 0 Å². The summed E-state index contributed by atoms with van der Waals surface area (Å²) in [5.41, 5.74) is 4.13. The Kier molecular flexibility index (Phi) is 2.09. The Hall–Kier alpha value is -2.13. The third-order valence-electron chi connectivity index (χ3n) is 3.41. The molecule has 0 fully saturated rings. The Morgan fingerprint density at radius 2 is 1.95 bits per heavy atom. The van der Waals surface area contributed by atoms with Crippen molar-refractivity contribution >= 4 is 28.2 Å². The molecule has 4 heteroatoms. The van der Waals surface area contributed by atoms with Gasteiger partial charge in [-0.3, -0.25) is 4.57 Å². The third kappa shape index (κ3) is 1.45. The van der Waals surface area contributed by atoms with Crippen molar-refractivity contribution in [1.82, 2.24) is 14.5 Å². The predicted molar refractivity (Wildman–Crippen MR) is 76.6 cm³/mol. The van der Waals surface area contributed by atoms with Crippen LogP contribution >= 0.6 is 11.6 Å². The molecule has 0 amide bonds. The van der Waals surface area contributed by atoms with Crippen LogP contribution in [-0.2, 0) is 6.42 Å². The second kappa shape index (κ2) is 3.68. The van der Waals surface area contributed by atoms with Crippen molar-refractivity contribution in [2.75, 3.05) is 0 Å². The van der Waals surface area contributed by atoms with Gasteiger partial charge in [-0.1, -0.05) is 36.4 Å². The van der Waals surface area contributed by atoms with Crippen LogP contribution in [0.4, 0.5) is 0 Å². The summed E-state index contributed by atoms with van der Waals surface area (Å²) in [4.78, 5) is 9.10. The molecule has 4 rings (SSSR count). The van der Waals surface area contributed by atoms with Crippen LogP contribution in [0.5, 0.6) is 0 Å². The van der Waals surface area contributed by atoms with Crippen molar-refractivity contribution in [3.63, 3.8) is 0 Å². The molecule has 0 saturated heterocycles. The van der Waals surface area contributed by atoms with Crippen LogP contribution in [0.2, 0.25) is 5.15 Å². The molecule has 0 unspecified atom stereocenters. The Balaban J connectivity index is 2.16. The maximum Gasteiger partial charge on any atom is 0.144 e. The number of aromatic nitrogens is 3. The minimum atomic E-state index is 0.495. The quantitative estimate of drug-likeness (QED) is 0.582. The fourth-order valence-electron chi connectivity index (χ4n) is 2.57. The van der Waals surface area contributed by atoms with Gasteiger partial charge in [0.15, 0.2) is 0 Å². The molecule has 0 N–H and O–H groups in total. The van der Waals surface area contributed by atoms with Gasteiger partial charge in [0.1, 0.15) is 16.8 Å². The number of hydrogen-bond acceptors (Lipinski definition) is 2. The first-order chi connectivity index (χ1) is 9.24. The van der Waals surface area contributed by atoms with E-state index in [1.807, 2.05) is 41.0 Å². The molecule has 3 aromatic rings. The molecule has 92 valence electrons. The van der Waals surface area contributed by atoms with Gasteiger partial charge in [0.25, 0.3) is 0 Å². The molecule has 2 aromatic heterocycles. The summed E-state index contributed by atoms with van der Waals surface area (Å²) in [5, 5.41) is 0.495. The number of fused-ring (bicyclic) bond motifs is 5. The molecule has 0 atom stereocenters. The smallest absolute Gasteiger partial charge is 0.144 e. The molecule has 0 bridgehead atoms. The number of pyridine rings is 1. The number of para-hydroxylation sites is 2. The van der Waals surface area contributed by atoms with E-state index < -0.39 is 0 Å². The highest BCUT2D eigenvalue weighted by atomic mass is 35.5. The average molecular weight is 268 g/mol. The lowest BCUT2D eigenvalue weighted by atomic mass is 10.0. The van der Waals surface area contributed by atoms with Crippen LogP contribution in [-0.4, -0.2) is 14.5 Å². The van der Waals surface area contributed by atoms with Crippen molar-refractivity contribution in [1.29, 1.82) is 0 Å². The van der Waals surface area contributed by atoms with E-state index in [1.54, 1.807) is 0 Å². The van der Waals surface area contributed by atoms with Gasteiger partial charge in [0.05, 0.1) is 11.0 Å². The normalized spacial score (nSPS) is 13.4. The molecule has 1 aliphatic heterocycles. The third-order valence-corrected chi connectivity index (χ3v) is 3.63. The lowest BCUT2D eigenvalue weighted by Gasteiger charge is -2.19. The summed E-state index contributed by atoms with van der Waals surface area (Å²) in [6.45, 7) is 4.13. The molecule has 0 saturated carbocycles. The largest absolute Gasteiger partial charge is 0.276 e. The van der Waals surface area contributed by atoms with E-state index in [4.69, 9.17) is 11.6 Å². The van der Waals surface area contributed by atoms with Gasteiger partial charge in [-0.2, -0.15) is 0 Å². The van der Waals surface area contributed by atoms with Crippen LogP contribution in [0.3, 0.4) is 0 Å². The second-order valence-corrected chi connectivity index (χ2v) is 5.04. The molecule has 3 nitrogen and oxygen atoms in total. The van der Waals surface area contributed by atoms with Crippen molar-refractivity contribution < 1.29 is 0 Å². The SMILES string of the molecule is C=C1Cc2ccc(Cl)nc2-n2c1nc1ccccc12. The molecular formula is C15H10ClN3. The summed E-state index contributed by atoms with van der Waals surface area (Å²) >= 11 is 6.03. The lowest BCUT2D eigenvalue weighted by molar-refractivity contribution is 0.927. The molecule has 3 heterocycles. The average Bonchev–Trinajstić information content (AvgIpc) is 2.80. The Morgan fingerprint density at radius 1 is 1.11 bits per heavy atom. The fraction of sp³-hybridized carbons (Fsp3) is 0.0667. The molecule has 19 heavy (non-hydrogen) atoms. The number of benzene rings is 1. The first-order valence-corrected chi connectivity index (χ1v) is 6.43. The number of halogens is 1. The van der Waals surface area contributed by atoms with Gasteiger partial charge in [-0.05, 0) is 23.8 Å². The molecule has 0 radical (unpaired) electrons. The van der Waals surface area contributed by atoms with Gasteiger partial charge >= 0.3 is 0 Å². The van der Waals surface area contributed by atoms with Gasteiger partial charge in [0.2, 0.25) is 0 Å². The highest BCUT2D eigenvalue weighted by molar-refractivity contribution is 6.29. The Bertz CT molecular complexity index is 833. The molecule has 0 spiro atoms. The summed E-state index contributed by atoms with van der Waals surface area (Å²) < 4.78 is 2.04. The van der Waals surface area contributed by atoms with E-state index in [9.17, 15) is 0 Å². The van der Waals surface area contributed by atoms with E-state index in [0.717, 1.165) is 40.2 Å². The van der Waals surface area contributed by atoms with E-state index in [0.29, 0.717) is 5.15 Å². The molecule has 0 aliphatic carbocycles. The van der Waals surface area contributed by atoms with Crippen molar-refractivity contribution in [3.8, 4) is 5.82 Å². The number of hydrogen-bond donors (Lipinski definition) is 0. The zero-order valence-corrected chi connectivity index (χ0v) is 10.9. The Labute approximate surface area is 115 Å². The predicted octanol–water partition coefficient (Wildman–Crippen LogP) is 3.64. The van der Waals surface area contributed by atoms with Gasteiger partial charge in [0, 0.05) is 12.0 Å². The monoisotopic (exact) mass is 267 g/mol. The summed E-state index contributed by atoms with van der Waals surface area (Å²) in [5.74, 6) is 1.74. The van der Waals surface area contributed by atoms with E-state index in [-0.39, 0.29) is 0 Å². The number of nitrogens with zero attached hydrogens (tertiary/aromatic N) is 3. The minimum Gasteiger partial charge on any atom is -0.276 e. The van der Waals surface area contributed by atoms with Gasteiger partial charge in [-0.15, -0.1) is 0 Å². The van der Waals surface area contributed by atoms with E-state index in [1.165, 1.54) is 0 Å². The zero-order chi connectivity index (χ0) is 13.0. The van der Waals surface area contributed by atoms with Crippen molar-refractivity contribution in [2.45, 2.75) is 6.42 Å². The standard InChI is InChI=1S/C15H10ClN3/c1-9-8-10-6-7-13(16)18-15(10)19-12-5-3-2-4-11(12)17-14(9)19/h2-7H,1,8H2. The van der Waals surface area contributed by atoms with Crippen LogP contribution in [0.1, 0.15) is 11.4 Å². The summed E-state index contributed by atoms with van der Waals surface area (Å²) in [6.07, 6.45) is 0.767. The summed E-state index contributed by atoms with van der Waals surface area (Å²) in [7, 11) is 0. The van der Waals surface area contributed by atoms with Gasteiger partial charge < -0.3 is 0 Å². The number of imidazole rings is 1. The topological polar surface area (TPSA) is 30.7 Å². The minimum absolute atomic E-state index is 0.495.